The highest BCUT2D eigenvalue weighted by Crippen LogP contribution is 2.16. The van der Waals surface area contributed by atoms with E-state index in [1.54, 1.807) is 48.5 Å². The molecule has 1 unspecified atom stereocenters. The summed E-state index contributed by atoms with van der Waals surface area (Å²) >= 11 is 0. The third kappa shape index (κ3) is 8.08. The number of hydrogen-bond donors (Lipinski definition) is 3. The van der Waals surface area contributed by atoms with Crippen LogP contribution >= 0.6 is 0 Å². The molecule has 0 bridgehead atoms. The van der Waals surface area contributed by atoms with Crippen LogP contribution < -0.4 is 20.7 Å². The summed E-state index contributed by atoms with van der Waals surface area (Å²) in [7, 11) is 0. The zero-order valence-corrected chi connectivity index (χ0v) is 20.5. The summed E-state index contributed by atoms with van der Waals surface area (Å²) in [5.74, 6) is -0.187. The fourth-order valence-electron chi connectivity index (χ4n) is 3.65. The molecule has 9 heteroatoms. The normalized spacial score (nSPS) is 14.7. The molecule has 2 aromatic carbocycles. The molecule has 9 nitrogen and oxygen atoms in total. The number of hydrogen-bond acceptors (Lipinski definition) is 6. The van der Waals surface area contributed by atoms with E-state index in [0.717, 1.165) is 13.1 Å². The van der Waals surface area contributed by atoms with Gasteiger partial charge in [-0.25, -0.2) is 0 Å². The number of nitrogens with one attached hydrogen (secondary N) is 3. The summed E-state index contributed by atoms with van der Waals surface area (Å²) in [4.78, 5) is 39.9. The molecule has 1 fully saturated rings. The topological polar surface area (TPSA) is 109 Å². The van der Waals surface area contributed by atoms with Gasteiger partial charge in [0.05, 0.1) is 26.4 Å². The molecule has 2 aromatic rings. The smallest absolute Gasteiger partial charge is 0.251 e. The molecule has 0 aliphatic carbocycles. The number of anilines is 2. The van der Waals surface area contributed by atoms with Gasteiger partial charge in [-0.3, -0.25) is 19.3 Å². The average molecular weight is 483 g/mol. The van der Waals surface area contributed by atoms with E-state index in [-0.39, 0.29) is 23.6 Å². The van der Waals surface area contributed by atoms with Gasteiger partial charge in [0.15, 0.2) is 0 Å². The van der Waals surface area contributed by atoms with E-state index < -0.39 is 6.04 Å². The van der Waals surface area contributed by atoms with E-state index in [4.69, 9.17) is 9.47 Å². The van der Waals surface area contributed by atoms with E-state index in [0.29, 0.717) is 49.1 Å². The molecule has 1 aliphatic rings. The van der Waals surface area contributed by atoms with Crippen molar-refractivity contribution in [3.05, 3.63) is 54.1 Å². The Bertz CT molecular complexity index is 986. The molecule has 3 amide bonds. The molecule has 0 spiro atoms. The van der Waals surface area contributed by atoms with E-state index >= 15 is 0 Å². The molecule has 3 rings (SSSR count). The molecule has 188 valence electrons. The van der Waals surface area contributed by atoms with Gasteiger partial charge < -0.3 is 25.4 Å². The number of nitrogens with zero attached hydrogens (tertiary/aromatic N) is 1. The van der Waals surface area contributed by atoms with Gasteiger partial charge in [0, 0.05) is 30.0 Å². The lowest BCUT2D eigenvalue weighted by molar-refractivity contribution is -0.119. The van der Waals surface area contributed by atoms with Gasteiger partial charge in [0.1, 0.15) is 11.8 Å². The Morgan fingerprint density at radius 2 is 1.54 bits per heavy atom. The van der Waals surface area contributed by atoms with Crippen LogP contribution in [0.25, 0.3) is 0 Å². The minimum Gasteiger partial charge on any atom is -0.494 e. The monoisotopic (exact) mass is 482 g/mol. The first-order valence-electron chi connectivity index (χ1n) is 11.9. The van der Waals surface area contributed by atoms with Crippen LogP contribution in [0, 0.1) is 5.92 Å². The van der Waals surface area contributed by atoms with Gasteiger partial charge in [-0.1, -0.05) is 13.8 Å². The highest BCUT2D eigenvalue weighted by atomic mass is 16.5. The van der Waals surface area contributed by atoms with Crippen molar-refractivity contribution in [1.29, 1.82) is 0 Å². The Morgan fingerprint density at radius 3 is 2.11 bits per heavy atom. The fraction of sp³-hybridized carbons (Fsp3) is 0.423. The quantitative estimate of drug-likeness (QED) is 0.481. The lowest BCUT2D eigenvalue weighted by Crippen LogP contribution is -2.47. The highest BCUT2D eigenvalue weighted by Gasteiger charge is 2.25. The van der Waals surface area contributed by atoms with Crippen molar-refractivity contribution in [1.82, 2.24) is 10.2 Å². The van der Waals surface area contributed by atoms with Gasteiger partial charge in [-0.2, -0.15) is 0 Å². The van der Waals surface area contributed by atoms with Crippen LogP contribution in [0.4, 0.5) is 11.4 Å². The van der Waals surface area contributed by atoms with Crippen molar-refractivity contribution in [2.75, 3.05) is 50.1 Å². The number of ether oxygens (including phenoxy) is 2. The predicted octanol–water partition coefficient (Wildman–Crippen LogP) is 2.75. The first-order valence-corrected chi connectivity index (χ1v) is 11.9. The Hall–Kier alpha value is -3.43. The van der Waals surface area contributed by atoms with Crippen LogP contribution in [0.15, 0.2) is 48.5 Å². The minimum absolute atomic E-state index is 0.0967. The summed E-state index contributed by atoms with van der Waals surface area (Å²) in [6.45, 7) is 9.25. The van der Waals surface area contributed by atoms with Crippen LogP contribution in [0.1, 0.15) is 31.1 Å². The minimum atomic E-state index is -0.720. The SMILES string of the molecule is CCOc1ccc(C(=O)NC(C(=O)Nc2ccc(NC(=O)CN3CCOCC3)cc2)C(C)C)cc1. The standard InChI is InChI=1S/C26H34N4O5/c1-4-35-22-11-5-19(6-12-22)25(32)29-24(18(2)3)26(33)28-21-9-7-20(8-10-21)27-23(31)17-30-13-15-34-16-14-30/h5-12,18,24H,4,13-17H2,1-3H3,(H,27,31)(H,28,33)(H,29,32). The van der Waals surface area contributed by atoms with E-state index in [1.165, 1.54) is 0 Å². The molecule has 35 heavy (non-hydrogen) atoms. The number of benzene rings is 2. The van der Waals surface area contributed by atoms with Gasteiger partial charge in [0.25, 0.3) is 5.91 Å². The van der Waals surface area contributed by atoms with Gasteiger partial charge in [0.2, 0.25) is 11.8 Å². The molecule has 0 saturated carbocycles. The molecule has 1 atom stereocenters. The summed E-state index contributed by atoms with van der Waals surface area (Å²) in [6, 6.07) is 13.0. The zero-order chi connectivity index (χ0) is 25.2. The lowest BCUT2D eigenvalue weighted by atomic mass is 10.0. The maximum absolute atomic E-state index is 12.9. The Labute approximate surface area is 206 Å². The number of amides is 3. The van der Waals surface area contributed by atoms with E-state index in [9.17, 15) is 14.4 Å². The molecule has 1 aliphatic heterocycles. The highest BCUT2D eigenvalue weighted by molar-refractivity contribution is 6.01. The van der Waals surface area contributed by atoms with Crippen molar-refractivity contribution in [3.8, 4) is 5.75 Å². The second kappa shape index (κ2) is 12.9. The first-order chi connectivity index (χ1) is 16.9. The summed E-state index contributed by atoms with van der Waals surface area (Å²) in [5.41, 5.74) is 1.66. The second-order valence-corrected chi connectivity index (χ2v) is 8.66. The maximum Gasteiger partial charge on any atom is 0.251 e. The third-order valence-corrected chi connectivity index (χ3v) is 5.57. The first kappa shape index (κ1) is 26.2. The van der Waals surface area contributed by atoms with Crippen molar-refractivity contribution in [2.24, 2.45) is 5.92 Å². The molecule has 1 heterocycles. The lowest BCUT2D eigenvalue weighted by Gasteiger charge is -2.25. The van der Waals surface area contributed by atoms with Crippen LogP contribution in [0.3, 0.4) is 0 Å². The van der Waals surface area contributed by atoms with Gasteiger partial charge >= 0.3 is 0 Å². The Morgan fingerprint density at radius 1 is 0.943 bits per heavy atom. The summed E-state index contributed by atoms with van der Waals surface area (Å²) in [6.07, 6.45) is 0. The summed E-state index contributed by atoms with van der Waals surface area (Å²) < 4.78 is 10.7. The second-order valence-electron chi connectivity index (χ2n) is 8.66. The van der Waals surface area contributed by atoms with E-state index in [2.05, 4.69) is 16.0 Å². The third-order valence-electron chi connectivity index (χ3n) is 5.57. The molecular weight excluding hydrogens is 448 g/mol. The predicted molar refractivity (Wildman–Crippen MR) is 135 cm³/mol. The molecular formula is C26H34N4O5. The van der Waals surface area contributed by atoms with Gasteiger partial charge in [-0.05, 0) is 61.4 Å². The number of rotatable bonds is 10. The zero-order valence-electron chi connectivity index (χ0n) is 20.5. The van der Waals surface area contributed by atoms with Crippen molar-refractivity contribution >= 4 is 29.1 Å². The molecule has 0 aromatic heterocycles. The van der Waals surface area contributed by atoms with Crippen molar-refractivity contribution in [2.45, 2.75) is 26.8 Å². The largest absolute Gasteiger partial charge is 0.494 e. The number of morpholine rings is 1. The van der Waals surface area contributed by atoms with Crippen molar-refractivity contribution < 1.29 is 23.9 Å². The van der Waals surface area contributed by atoms with Crippen LogP contribution in [0.2, 0.25) is 0 Å². The Kier molecular flexibility index (Phi) is 9.63. The van der Waals surface area contributed by atoms with Gasteiger partial charge in [-0.15, -0.1) is 0 Å². The van der Waals surface area contributed by atoms with E-state index in [1.807, 2.05) is 25.7 Å². The number of carbonyl (C=O) groups is 3. The van der Waals surface area contributed by atoms with Crippen LogP contribution in [0.5, 0.6) is 5.75 Å². The molecule has 0 radical (unpaired) electrons. The molecule has 1 saturated heterocycles. The Balaban J connectivity index is 1.53. The molecule has 3 N–H and O–H groups in total. The number of carbonyl (C=O) groups excluding carboxylic acids is 3. The van der Waals surface area contributed by atoms with Crippen molar-refractivity contribution in [3.63, 3.8) is 0 Å². The fourth-order valence-corrected chi connectivity index (χ4v) is 3.65. The average Bonchev–Trinajstić information content (AvgIpc) is 2.84. The van der Waals surface area contributed by atoms with Crippen LogP contribution in [-0.2, 0) is 14.3 Å². The van der Waals surface area contributed by atoms with Crippen LogP contribution in [-0.4, -0.2) is 68.1 Å². The summed E-state index contributed by atoms with van der Waals surface area (Å²) in [5, 5.41) is 8.53. The maximum atomic E-state index is 12.9.